The van der Waals surface area contributed by atoms with Crippen molar-refractivity contribution < 1.29 is 0 Å². The molecular weight excluding hydrogens is 348 g/mol. The van der Waals surface area contributed by atoms with E-state index in [-0.39, 0.29) is 0 Å². The fourth-order valence-electron chi connectivity index (χ4n) is 3.53. The van der Waals surface area contributed by atoms with Crippen LogP contribution >= 0.6 is 0 Å². The van der Waals surface area contributed by atoms with Crippen LogP contribution in [0.1, 0.15) is 12.2 Å². The lowest BCUT2D eigenvalue weighted by atomic mass is 10.2. The van der Waals surface area contributed by atoms with Crippen LogP contribution in [0.3, 0.4) is 0 Å². The molecule has 2 aromatic heterocycles. The fourth-order valence-corrected chi connectivity index (χ4v) is 3.53. The van der Waals surface area contributed by atoms with Crippen LogP contribution in [0.25, 0.3) is 21.9 Å². The highest BCUT2D eigenvalue weighted by Gasteiger charge is 2.07. The van der Waals surface area contributed by atoms with Gasteiger partial charge < -0.3 is 19.8 Å². The maximum Gasteiger partial charge on any atom is 0.191 e. The summed E-state index contributed by atoms with van der Waals surface area (Å²) in [5.74, 6) is 1.78. The zero-order valence-corrected chi connectivity index (χ0v) is 16.4. The van der Waals surface area contributed by atoms with E-state index in [4.69, 9.17) is 4.98 Å². The predicted molar refractivity (Wildman–Crippen MR) is 115 cm³/mol. The minimum absolute atomic E-state index is 0.632. The van der Waals surface area contributed by atoms with Gasteiger partial charge in [-0.3, -0.25) is 4.99 Å². The van der Waals surface area contributed by atoms with Crippen molar-refractivity contribution in [2.45, 2.75) is 19.5 Å². The highest BCUT2D eigenvalue weighted by Crippen LogP contribution is 2.15. The van der Waals surface area contributed by atoms with Crippen molar-refractivity contribution in [2.24, 2.45) is 12.0 Å². The Hall–Kier alpha value is -3.28. The topological polar surface area (TPSA) is 59.2 Å². The predicted octanol–water partition coefficient (Wildman–Crippen LogP) is 3.28. The van der Waals surface area contributed by atoms with Gasteiger partial charge in [-0.15, -0.1) is 0 Å². The molecule has 4 rings (SSSR count). The molecular formula is C22H26N6. The molecule has 2 heterocycles. The zero-order chi connectivity index (χ0) is 19.3. The summed E-state index contributed by atoms with van der Waals surface area (Å²) in [4.78, 5) is 9.01. The Balaban J connectivity index is 1.28. The molecule has 0 radical (unpaired) electrons. The average Bonchev–Trinajstić information content (AvgIpc) is 3.29. The minimum Gasteiger partial charge on any atom is -0.356 e. The highest BCUT2D eigenvalue weighted by molar-refractivity contribution is 5.80. The van der Waals surface area contributed by atoms with Crippen molar-refractivity contribution in [1.29, 1.82) is 0 Å². The van der Waals surface area contributed by atoms with Crippen molar-refractivity contribution in [3.05, 3.63) is 66.6 Å². The third kappa shape index (κ3) is 3.71. The molecule has 0 aliphatic rings. The molecule has 6 heteroatoms. The number of fused-ring (bicyclic) bond motifs is 2. The van der Waals surface area contributed by atoms with Crippen LogP contribution in [0.15, 0.2) is 65.8 Å². The molecule has 0 fully saturated rings. The Kier molecular flexibility index (Phi) is 5.28. The van der Waals surface area contributed by atoms with Gasteiger partial charge in [0.2, 0.25) is 0 Å². The van der Waals surface area contributed by atoms with Gasteiger partial charge in [-0.1, -0.05) is 30.3 Å². The molecule has 0 saturated heterocycles. The lowest BCUT2D eigenvalue weighted by Gasteiger charge is -2.12. The van der Waals surface area contributed by atoms with E-state index >= 15 is 0 Å². The largest absolute Gasteiger partial charge is 0.356 e. The van der Waals surface area contributed by atoms with Gasteiger partial charge in [0.1, 0.15) is 5.82 Å². The molecule has 0 bridgehead atoms. The van der Waals surface area contributed by atoms with Gasteiger partial charge in [0, 0.05) is 38.9 Å². The Labute approximate surface area is 164 Å². The van der Waals surface area contributed by atoms with Gasteiger partial charge >= 0.3 is 0 Å². The van der Waals surface area contributed by atoms with E-state index in [0.29, 0.717) is 6.54 Å². The first kappa shape index (κ1) is 18.1. The van der Waals surface area contributed by atoms with Crippen molar-refractivity contribution in [2.75, 3.05) is 13.6 Å². The average molecular weight is 374 g/mol. The first-order valence-corrected chi connectivity index (χ1v) is 9.65. The van der Waals surface area contributed by atoms with Gasteiger partial charge in [-0.25, -0.2) is 4.98 Å². The number of nitrogens with zero attached hydrogens (tertiary/aromatic N) is 4. The maximum absolute atomic E-state index is 4.69. The number of imidazole rings is 1. The summed E-state index contributed by atoms with van der Waals surface area (Å²) in [6.45, 7) is 2.46. The number of aromatic nitrogens is 3. The van der Waals surface area contributed by atoms with E-state index in [1.54, 1.807) is 7.05 Å². The fraction of sp³-hybridized carbons (Fsp3) is 0.273. The SMILES string of the molecule is CN=C(NCCCn1ccc2ccccc21)NCc1nc2ccccc2n1C. The Morgan fingerprint density at radius 1 is 1.00 bits per heavy atom. The van der Waals surface area contributed by atoms with E-state index in [1.165, 1.54) is 10.9 Å². The molecule has 28 heavy (non-hydrogen) atoms. The van der Waals surface area contributed by atoms with Crippen LogP contribution in [-0.2, 0) is 20.1 Å². The Morgan fingerprint density at radius 2 is 1.79 bits per heavy atom. The lowest BCUT2D eigenvalue weighted by Crippen LogP contribution is -2.38. The normalized spacial score (nSPS) is 12.0. The number of para-hydroxylation sites is 3. The second-order valence-corrected chi connectivity index (χ2v) is 6.85. The van der Waals surface area contributed by atoms with Gasteiger partial charge in [-0.05, 0) is 36.1 Å². The van der Waals surface area contributed by atoms with Crippen molar-refractivity contribution in [3.63, 3.8) is 0 Å². The van der Waals surface area contributed by atoms with Gasteiger partial charge in [0.25, 0.3) is 0 Å². The molecule has 0 aliphatic heterocycles. The monoisotopic (exact) mass is 374 g/mol. The van der Waals surface area contributed by atoms with E-state index in [0.717, 1.165) is 42.3 Å². The van der Waals surface area contributed by atoms with Gasteiger partial charge in [0.05, 0.1) is 17.6 Å². The molecule has 0 aliphatic carbocycles. The lowest BCUT2D eigenvalue weighted by molar-refractivity contribution is 0.638. The summed E-state index contributed by atoms with van der Waals surface area (Å²) < 4.78 is 4.42. The number of guanidine groups is 1. The number of aliphatic imine (C=N–C) groups is 1. The smallest absolute Gasteiger partial charge is 0.191 e. The summed E-state index contributed by atoms with van der Waals surface area (Å²) in [6, 6.07) is 18.8. The van der Waals surface area contributed by atoms with E-state index < -0.39 is 0 Å². The number of benzene rings is 2. The number of hydrogen-bond acceptors (Lipinski definition) is 2. The second-order valence-electron chi connectivity index (χ2n) is 6.85. The number of nitrogens with one attached hydrogen (secondary N) is 2. The van der Waals surface area contributed by atoms with Crippen LogP contribution in [0.2, 0.25) is 0 Å². The summed E-state index contributed by atoms with van der Waals surface area (Å²) in [5.41, 5.74) is 3.44. The third-order valence-corrected chi connectivity index (χ3v) is 5.07. The molecule has 144 valence electrons. The number of aryl methyl sites for hydroxylation is 2. The molecule has 0 atom stereocenters. The minimum atomic E-state index is 0.632. The molecule has 0 saturated carbocycles. The van der Waals surface area contributed by atoms with Gasteiger partial charge in [-0.2, -0.15) is 0 Å². The Morgan fingerprint density at radius 3 is 2.61 bits per heavy atom. The first-order valence-electron chi connectivity index (χ1n) is 9.65. The van der Waals surface area contributed by atoms with E-state index in [9.17, 15) is 0 Å². The van der Waals surface area contributed by atoms with Gasteiger partial charge in [0.15, 0.2) is 5.96 Å². The quantitative estimate of drug-likeness (QED) is 0.309. The van der Waals surface area contributed by atoms with Crippen molar-refractivity contribution in [3.8, 4) is 0 Å². The summed E-state index contributed by atoms with van der Waals surface area (Å²) >= 11 is 0. The van der Waals surface area contributed by atoms with Crippen LogP contribution in [-0.4, -0.2) is 33.7 Å². The van der Waals surface area contributed by atoms with E-state index in [2.05, 4.69) is 67.4 Å². The van der Waals surface area contributed by atoms with Crippen LogP contribution < -0.4 is 10.6 Å². The standard InChI is InChI=1S/C22H26N6/c1-23-22(25-16-21-26-18-9-4-6-11-20(18)27(21)2)24-13-7-14-28-15-12-17-8-3-5-10-19(17)28/h3-6,8-12,15H,7,13-14,16H2,1-2H3,(H2,23,24,25). The molecule has 2 N–H and O–H groups in total. The molecule has 0 amide bonds. The maximum atomic E-state index is 4.69. The first-order chi connectivity index (χ1) is 13.8. The third-order valence-electron chi connectivity index (χ3n) is 5.07. The molecule has 0 unspecified atom stereocenters. The van der Waals surface area contributed by atoms with Crippen LogP contribution in [0, 0.1) is 0 Å². The summed E-state index contributed by atoms with van der Waals surface area (Å²) in [5, 5.41) is 8.04. The number of rotatable bonds is 6. The van der Waals surface area contributed by atoms with E-state index in [1.807, 2.05) is 25.2 Å². The molecule has 2 aromatic carbocycles. The molecule has 6 nitrogen and oxygen atoms in total. The van der Waals surface area contributed by atoms with Crippen LogP contribution in [0.4, 0.5) is 0 Å². The second kappa shape index (κ2) is 8.17. The molecule has 4 aromatic rings. The van der Waals surface area contributed by atoms with Crippen molar-refractivity contribution >= 4 is 27.9 Å². The summed E-state index contributed by atoms with van der Waals surface area (Å²) in [6.07, 6.45) is 3.18. The number of hydrogen-bond donors (Lipinski definition) is 2. The Bertz CT molecular complexity index is 1100. The van der Waals surface area contributed by atoms with Crippen molar-refractivity contribution in [1.82, 2.24) is 24.8 Å². The zero-order valence-electron chi connectivity index (χ0n) is 16.4. The molecule has 0 spiro atoms. The summed E-state index contributed by atoms with van der Waals surface area (Å²) in [7, 11) is 3.84. The van der Waals surface area contributed by atoms with Crippen LogP contribution in [0.5, 0.6) is 0 Å². The highest BCUT2D eigenvalue weighted by atomic mass is 15.2.